The lowest BCUT2D eigenvalue weighted by Crippen LogP contribution is -2.45. The molecule has 1 saturated heterocycles. The highest BCUT2D eigenvalue weighted by Crippen LogP contribution is 2.24. The lowest BCUT2D eigenvalue weighted by molar-refractivity contribution is 0.0929. The Morgan fingerprint density at radius 1 is 1.25 bits per heavy atom. The summed E-state index contributed by atoms with van der Waals surface area (Å²) < 4.78 is 0. The molecule has 2 amide bonds. The average molecular weight is 364 g/mol. The van der Waals surface area contributed by atoms with Gasteiger partial charge in [-0.15, -0.1) is 11.3 Å². The van der Waals surface area contributed by atoms with E-state index in [0.717, 1.165) is 25.9 Å². The third kappa shape index (κ3) is 4.14. The summed E-state index contributed by atoms with van der Waals surface area (Å²) in [5, 5.41) is 11.3. The van der Waals surface area contributed by atoms with Gasteiger partial charge in [0.15, 0.2) is 0 Å². The number of thiophene rings is 1. The number of hydrogen-bond donors (Lipinski definition) is 3. The molecule has 3 rings (SSSR count). The Kier molecular flexibility index (Phi) is 5.50. The van der Waals surface area contributed by atoms with Crippen molar-refractivity contribution < 1.29 is 9.59 Å². The molecule has 7 heteroatoms. The Bertz CT molecular complexity index is 727. The molecule has 1 aliphatic rings. The highest BCUT2D eigenvalue weighted by Gasteiger charge is 2.17. The number of piperidine rings is 1. The van der Waals surface area contributed by atoms with Crippen LogP contribution in [0, 0.1) is 0 Å². The van der Waals surface area contributed by atoms with E-state index in [1.54, 1.807) is 24.3 Å². The van der Waals surface area contributed by atoms with Gasteiger partial charge in [0.05, 0.1) is 15.6 Å². The first-order chi connectivity index (χ1) is 11.6. The first-order valence-electron chi connectivity index (χ1n) is 7.79. The summed E-state index contributed by atoms with van der Waals surface area (Å²) in [5.74, 6) is -0.395. The summed E-state index contributed by atoms with van der Waals surface area (Å²) in [6.07, 6.45) is 2.02. The number of hydrogen-bond acceptors (Lipinski definition) is 4. The zero-order chi connectivity index (χ0) is 16.9. The Morgan fingerprint density at radius 2 is 2.12 bits per heavy atom. The third-order valence-corrected chi connectivity index (χ3v) is 5.05. The van der Waals surface area contributed by atoms with Gasteiger partial charge in [0.2, 0.25) is 0 Å². The van der Waals surface area contributed by atoms with Crippen LogP contribution in [0.5, 0.6) is 0 Å². The lowest BCUT2D eigenvalue weighted by atomic mass is 10.1. The number of nitrogens with one attached hydrogen (secondary N) is 3. The van der Waals surface area contributed by atoms with Gasteiger partial charge < -0.3 is 16.0 Å². The van der Waals surface area contributed by atoms with E-state index in [1.807, 2.05) is 11.4 Å². The van der Waals surface area contributed by atoms with E-state index in [4.69, 9.17) is 11.6 Å². The van der Waals surface area contributed by atoms with Crippen molar-refractivity contribution in [1.29, 1.82) is 0 Å². The zero-order valence-corrected chi connectivity index (χ0v) is 14.5. The van der Waals surface area contributed by atoms with Crippen LogP contribution >= 0.6 is 22.9 Å². The molecule has 3 N–H and O–H groups in total. The van der Waals surface area contributed by atoms with Gasteiger partial charge in [-0.2, -0.15) is 0 Å². The second-order valence-electron chi connectivity index (χ2n) is 5.64. The maximum absolute atomic E-state index is 12.4. The van der Waals surface area contributed by atoms with Crippen LogP contribution in [0.1, 0.15) is 32.9 Å². The molecule has 126 valence electrons. The second-order valence-corrected chi connectivity index (χ2v) is 7.00. The molecule has 24 heavy (non-hydrogen) atoms. The number of rotatable bonds is 4. The molecule has 2 heterocycles. The molecule has 1 atom stereocenters. The molecule has 0 aliphatic carbocycles. The smallest absolute Gasteiger partial charge is 0.265 e. The molecule has 1 aromatic heterocycles. The van der Waals surface area contributed by atoms with Crippen LogP contribution in [-0.2, 0) is 0 Å². The number of carbonyl (C=O) groups is 2. The molecule has 1 fully saturated rings. The molecule has 2 aromatic rings. The van der Waals surface area contributed by atoms with Crippen molar-refractivity contribution >= 4 is 40.4 Å². The summed E-state index contributed by atoms with van der Waals surface area (Å²) in [6, 6.07) is 8.57. The minimum Gasteiger partial charge on any atom is -0.348 e. The second kappa shape index (κ2) is 7.79. The first kappa shape index (κ1) is 17.0. The molecule has 0 radical (unpaired) electrons. The van der Waals surface area contributed by atoms with Crippen LogP contribution < -0.4 is 16.0 Å². The molecule has 1 aliphatic heterocycles. The predicted molar refractivity (Wildman–Crippen MR) is 97.1 cm³/mol. The fraction of sp³-hybridized carbons (Fsp3) is 0.294. The van der Waals surface area contributed by atoms with Crippen molar-refractivity contribution in [2.24, 2.45) is 0 Å². The summed E-state index contributed by atoms with van der Waals surface area (Å²) >= 11 is 7.49. The van der Waals surface area contributed by atoms with Gasteiger partial charge >= 0.3 is 0 Å². The van der Waals surface area contributed by atoms with E-state index in [0.29, 0.717) is 21.2 Å². The highest BCUT2D eigenvalue weighted by molar-refractivity contribution is 7.12. The van der Waals surface area contributed by atoms with Crippen molar-refractivity contribution in [1.82, 2.24) is 10.6 Å². The summed E-state index contributed by atoms with van der Waals surface area (Å²) in [4.78, 5) is 25.1. The molecule has 0 saturated carbocycles. The topological polar surface area (TPSA) is 70.2 Å². The van der Waals surface area contributed by atoms with Crippen LogP contribution in [0.25, 0.3) is 0 Å². The van der Waals surface area contributed by atoms with E-state index < -0.39 is 0 Å². The molecular formula is C17H18ClN3O2S. The number of amides is 2. The van der Waals surface area contributed by atoms with E-state index in [9.17, 15) is 9.59 Å². The highest BCUT2D eigenvalue weighted by atomic mass is 35.5. The predicted octanol–water partition coefficient (Wildman–Crippen LogP) is 3.14. The summed E-state index contributed by atoms with van der Waals surface area (Å²) in [7, 11) is 0. The van der Waals surface area contributed by atoms with E-state index in [2.05, 4.69) is 16.0 Å². The average Bonchev–Trinajstić information content (AvgIpc) is 3.12. The Balaban J connectivity index is 1.70. The van der Waals surface area contributed by atoms with Gasteiger partial charge in [-0.25, -0.2) is 0 Å². The monoisotopic (exact) mass is 363 g/mol. The number of halogens is 1. The van der Waals surface area contributed by atoms with Gasteiger partial charge in [-0.1, -0.05) is 17.7 Å². The molecule has 0 spiro atoms. The number of benzene rings is 1. The first-order valence-corrected chi connectivity index (χ1v) is 9.05. The van der Waals surface area contributed by atoms with Crippen LogP contribution in [0.4, 0.5) is 5.69 Å². The standard InChI is InChI=1S/C17H18ClN3O2S/c18-13-6-5-11(16(22)20-12-3-1-7-19-10-12)9-14(13)21-17(23)15-4-2-8-24-15/h2,4-6,8-9,12,19H,1,3,7,10H2,(H,20,22)(H,21,23)/t12-/m0/s1. The SMILES string of the molecule is O=C(N[C@H]1CCCNC1)c1ccc(Cl)c(NC(=O)c2cccs2)c1. The Hall–Kier alpha value is -1.89. The molecular weight excluding hydrogens is 346 g/mol. The van der Waals surface area contributed by atoms with Crippen LogP contribution in [0.3, 0.4) is 0 Å². The number of carbonyl (C=O) groups excluding carboxylic acids is 2. The van der Waals surface area contributed by atoms with Gasteiger partial charge in [-0.3, -0.25) is 9.59 Å². The van der Waals surface area contributed by atoms with Crippen LogP contribution in [0.15, 0.2) is 35.7 Å². The molecule has 0 unspecified atom stereocenters. The van der Waals surface area contributed by atoms with E-state index in [-0.39, 0.29) is 17.9 Å². The lowest BCUT2D eigenvalue weighted by Gasteiger charge is -2.23. The van der Waals surface area contributed by atoms with Crippen molar-refractivity contribution in [3.05, 3.63) is 51.2 Å². The van der Waals surface area contributed by atoms with Crippen molar-refractivity contribution in [2.45, 2.75) is 18.9 Å². The fourth-order valence-corrected chi connectivity index (χ4v) is 3.38. The maximum Gasteiger partial charge on any atom is 0.265 e. The van der Waals surface area contributed by atoms with E-state index >= 15 is 0 Å². The van der Waals surface area contributed by atoms with E-state index in [1.165, 1.54) is 11.3 Å². The third-order valence-electron chi connectivity index (χ3n) is 3.85. The normalized spacial score (nSPS) is 17.3. The Labute approximate surface area is 149 Å². The summed E-state index contributed by atoms with van der Waals surface area (Å²) in [6.45, 7) is 1.77. The van der Waals surface area contributed by atoms with Crippen molar-refractivity contribution in [2.75, 3.05) is 18.4 Å². The zero-order valence-electron chi connectivity index (χ0n) is 13.0. The minimum atomic E-state index is -0.235. The molecule has 0 bridgehead atoms. The Morgan fingerprint density at radius 3 is 2.83 bits per heavy atom. The van der Waals surface area contributed by atoms with Gasteiger partial charge in [0, 0.05) is 18.2 Å². The van der Waals surface area contributed by atoms with Crippen molar-refractivity contribution in [3.8, 4) is 0 Å². The quantitative estimate of drug-likeness (QED) is 0.781. The fourth-order valence-electron chi connectivity index (χ4n) is 2.60. The molecule has 5 nitrogen and oxygen atoms in total. The molecule has 1 aromatic carbocycles. The van der Waals surface area contributed by atoms with Crippen LogP contribution in [0.2, 0.25) is 5.02 Å². The van der Waals surface area contributed by atoms with Crippen LogP contribution in [-0.4, -0.2) is 30.9 Å². The largest absolute Gasteiger partial charge is 0.348 e. The van der Waals surface area contributed by atoms with Gasteiger partial charge in [0.1, 0.15) is 0 Å². The summed E-state index contributed by atoms with van der Waals surface area (Å²) in [5.41, 5.74) is 0.913. The van der Waals surface area contributed by atoms with Crippen molar-refractivity contribution in [3.63, 3.8) is 0 Å². The van der Waals surface area contributed by atoms with Gasteiger partial charge in [-0.05, 0) is 49.0 Å². The van der Waals surface area contributed by atoms with Gasteiger partial charge in [0.25, 0.3) is 11.8 Å². The maximum atomic E-state index is 12.4. The number of anilines is 1. The minimum absolute atomic E-state index is 0.131.